The zero-order valence-electron chi connectivity index (χ0n) is 10.7. The summed E-state index contributed by atoms with van der Waals surface area (Å²) in [5.41, 5.74) is 2.97. The minimum absolute atomic E-state index is 0.213. The summed E-state index contributed by atoms with van der Waals surface area (Å²) in [4.78, 5) is 0. The molecular formula is C11H18N6. The van der Waals surface area contributed by atoms with Gasteiger partial charge in [-0.1, -0.05) is 12.1 Å². The molecule has 0 spiro atoms. The highest BCUT2D eigenvalue weighted by Gasteiger charge is 2.15. The third-order valence-corrected chi connectivity index (χ3v) is 2.79. The molecule has 1 N–H and O–H groups in total. The summed E-state index contributed by atoms with van der Waals surface area (Å²) in [5.74, 6) is 0. The van der Waals surface area contributed by atoms with Crippen molar-refractivity contribution < 1.29 is 0 Å². The molecule has 6 nitrogen and oxygen atoms in total. The molecule has 0 aliphatic heterocycles. The van der Waals surface area contributed by atoms with Gasteiger partial charge in [0.05, 0.1) is 24.1 Å². The lowest BCUT2D eigenvalue weighted by molar-refractivity contribution is 0.579. The van der Waals surface area contributed by atoms with Gasteiger partial charge < -0.3 is 5.32 Å². The van der Waals surface area contributed by atoms with Crippen LogP contribution >= 0.6 is 0 Å². The van der Waals surface area contributed by atoms with Crippen molar-refractivity contribution in [1.29, 1.82) is 0 Å². The predicted molar refractivity (Wildman–Crippen MR) is 65.0 cm³/mol. The van der Waals surface area contributed by atoms with Gasteiger partial charge in [-0.3, -0.25) is 4.68 Å². The smallest absolute Gasteiger partial charge is 0.105 e. The topological polar surface area (TPSA) is 60.6 Å². The fraction of sp³-hybridized carbons (Fsp3) is 0.545. The molecule has 0 bridgehead atoms. The largest absolute Gasteiger partial charge is 0.309 e. The Morgan fingerprint density at radius 1 is 1.47 bits per heavy atom. The third kappa shape index (κ3) is 2.21. The van der Waals surface area contributed by atoms with Crippen LogP contribution < -0.4 is 5.32 Å². The molecule has 17 heavy (non-hydrogen) atoms. The van der Waals surface area contributed by atoms with Gasteiger partial charge in [0, 0.05) is 7.05 Å². The van der Waals surface area contributed by atoms with Gasteiger partial charge in [0.1, 0.15) is 11.4 Å². The average Bonchev–Trinajstić information content (AvgIpc) is 2.85. The molecule has 1 atom stereocenters. The van der Waals surface area contributed by atoms with Gasteiger partial charge in [-0.2, -0.15) is 5.10 Å². The predicted octanol–water partition coefficient (Wildman–Crippen LogP) is 0.980. The van der Waals surface area contributed by atoms with Crippen molar-refractivity contribution in [3.05, 3.63) is 23.8 Å². The first kappa shape index (κ1) is 11.8. The summed E-state index contributed by atoms with van der Waals surface area (Å²) in [6.45, 7) is 7.11. The summed E-state index contributed by atoms with van der Waals surface area (Å²) in [6.07, 6.45) is 3.70. The Hall–Kier alpha value is -1.69. The van der Waals surface area contributed by atoms with E-state index in [2.05, 4.69) is 34.6 Å². The van der Waals surface area contributed by atoms with Gasteiger partial charge >= 0.3 is 0 Å². The van der Waals surface area contributed by atoms with Crippen LogP contribution in [0.2, 0.25) is 0 Å². The maximum Gasteiger partial charge on any atom is 0.105 e. The van der Waals surface area contributed by atoms with Crippen LogP contribution in [0.3, 0.4) is 0 Å². The van der Waals surface area contributed by atoms with E-state index in [0.717, 1.165) is 23.6 Å². The number of nitrogens with one attached hydrogen (secondary N) is 1. The van der Waals surface area contributed by atoms with Crippen LogP contribution in [0.25, 0.3) is 5.69 Å². The first-order valence-electron chi connectivity index (χ1n) is 5.78. The Bertz CT molecular complexity index is 498. The Balaban J connectivity index is 2.32. The maximum absolute atomic E-state index is 4.23. The van der Waals surface area contributed by atoms with Crippen molar-refractivity contribution >= 4 is 0 Å². The molecule has 1 unspecified atom stereocenters. The fourth-order valence-electron chi connectivity index (χ4n) is 1.91. The highest BCUT2D eigenvalue weighted by atomic mass is 15.4. The van der Waals surface area contributed by atoms with E-state index in [9.17, 15) is 0 Å². The number of aryl methyl sites for hydroxylation is 1. The second-order valence-electron chi connectivity index (χ2n) is 4.12. The Morgan fingerprint density at radius 3 is 2.82 bits per heavy atom. The van der Waals surface area contributed by atoms with E-state index in [1.807, 2.05) is 24.9 Å². The Kier molecular flexibility index (Phi) is 3.23. The van der Waals surface area contributed by atoms with Crippen LogP contribution in [-0.4, -0.2) is 31.3 Å². The number of hydrogen-bond acceptors (Lipinski definition) is 4. The lowest BCUT2D eigenvalue weighted by Gasteiger charge is -2.09. The molecule has 0 radical (unpaired) electrons. The van der Waals surface area contributed by atoms with Gasteiger partial charge in [0.25, 0.3) is 0 Å². The molecule has 0 aromatic carbocycles. The summed E-state index contributed by atoms with van der Waals surface area (Å²) in [5, 5.41) is 15.9. The van der Waals surface area contributed by atoms with E-state index in [4.69, 9.17) is 0 Å². The SMILES string of the molecule is CCNC(C)c1nnn(-c2cnn(C)c2)c1C. The zero-order valence-corrected chi connectivity index (χ0v) is 10.7. The van der Waals surface area contributed by atoms with Crippen LogP contribution in [0.5, 0.6) is 0 Å². The molecule has 0 saturated heterocycles. The molecule has 0 aliphatic rings. The molecule has 0 saturated carbocycles. The highest BCUT2D eigenvalue weighted by Crippen LogP contribution is 2.16. The van der Waals surface area contributed by atoms with Gasteiger partial charge in [-0.05, 0) is 20.4 Å². The Labute approximate surface area is 101 Å². The minimum atomic E-state index is 0.213. The molecule has 2 aromatic heterocycles. The van der Waals surface area contributed by atoms with E-state index in [1.165, 1.54) is 0 Å². The molecule has 6 heteroatoms. The number of rotatable bonds is 4. The summed E-state index contributed by atoms with van der Waals surface area (Å²) < 4.78 is 3.57. The summed E-state index contributed by atoms with van der Waals surface area (Å²) in [6, 6.07) is 0.213. The molecule has 0 aliphatic carbocycles. The lowest BCUT2D eigenvalue weighted by atomic mass is 10.2. The second-order valence-corrected chi connectivity index (χ2v) is 4.12. The summed E-state index contributed by atoms with van der Waals surface area (Å²) >= 11 is 0. The van der Waals surface area contributed by atoms with Crippen LogP contribution in [0.15, 0.2) is 12.4 Å². The molecule has 92 valence electrons. The number of aromatic nitrogens is 5. The second kappa shape index (κ2) is 4.67. The van der Waals surface area contributed by atoms with Crippen molar-refractivity contribution in [1.82, 2.24) is 30.1 Å². The van der Waals surface area contributed by atoms with E-state index in [0.29, 0.717) is 0 Å². The zero-order chi connectivity index (χ0) is 12.4. The first-order valence-corrected chi connectivity index (χ1v) is 5.78. The standard InChI is InChI=1S/C11H18N6/c1-5-12-8(2)11-9(3)17(15-14-11)10-6-13-16(4)7-10/h6-8,12H,5H2,1-4H3. The number of hydrogen-bond donors (Lipinski definition) is 1. The summed E-state index contributed by atoms with van der Waals surface area (Å²) in [7, 11) is 1.89. The van der Waals surface area contributed by atoms with Crippen LogP contribution in [0.4, 0.5) is 0 Å². The van der Waals surface area contributed by atoms with Gasteiger partial charge in [0.15, 0.2) is 0 Å². The molecule has 0 amide bonds. The van der Waals surface area contributed by atoms with Crippen molar-refractivity contribution in [3.63, 3.8) is 0 Å². The Morgan fingerprint density at radius 2 is 2.24 bits per heavy atom. The van der Waals surface area contributed by atoms with E-state index >= 15 is 0 Å². The van der Waals surface area contributed by atoms with Crippen LogP contribution in [0, 0.1) is 6.92 Å². The monoisotopic (exact) mass is 234 g/mol. The van der Waals surface area contributed by atoms with Crippen molar-refractivity contribution in [2.45, 2.75) is 26.8 Å². The van der Waals surface area contributed by atoms with Crippen LogP contribution in [-0.2, 0) is 7.05 Å². The third-order valence-electron chi connectivity index (χ3n) is 2.79. The van der Waals surface area contributed by atoms with Crippen molar-refractivity contribution in [2.24, 2.45) is 7.05 Å². The molecule has 0 fully saturated rings. The van der Waals surface area contributed by atoms with Crippen molar-refractivity contribution in [3.8, 4) is 5.69 Å². The van der Waals surface area contributed by atoms with Gasteiger partial charge in [-0.15, -0.1) is 5.10 Å². The molecule has 2 heterocycles. The normalized spacial score (nSPS) is 12.9. The lowest BCUT2D eigenvalue weighted by Crippen LogP contribution is -2.19. The maximum atomic E-state index is 4.23. The fourth-order valence-corrected chi connectivity index (χ4v) is 1.91. The minimum Gasteiger partial charge on any atom is -0.309 e. The van der Waals surface area contributed by atoms with Crippen molar-refractivity contribution in [2.75, 3.05) is 6.54 Å². The quantitative estimate of drug-likeness (QED) is 0.856. The van der Waals surface area contributed by atoms with E-state index in [1.54, 1.807) is 10.9 Å². The highest BCUT2D eigenvalue weighted by molar-refractivity contribution is 5.28. The molecule has 2 rings (SSSR count). The van der Waals surface area contributed by atoms with Gasteiger partial charge in [-0.25, -0.2) is 4.68 Å². The molecule has 2 aromatic rings. The number of nitrogens with zero attached hydrogens (tertiary/aromatic N) is 5. The van der Waals surface area contributed by atoms with Gasteiger partial charge in [0.2, 0.25) is 0 Å². The average molecular weight is 234 g/mol. The first-order chi connectivity index (χ1) is 8.13. The molecular weight excluding hydrogens is 216 g/mol. The van der Waals surface area contributed by atoms with E-state index in [-0.39, 0.29) is 6.04 Å². The van der Waals surface area contributed by atoms with E-state index < -0.39 is 0 Å². The van der Waals surface area contributed by atoms with Crippen LogP contribution in [0.1, 0.15) is 31.3 Å².